The molecule has 0 spiro atoms. The van der Waals surface area contributed by atoms with E-state index >= 15 is 0 Å². The molecular formula is C21H17ClN2O6. The number of carbonyl (C=O) groups is 2. The number of ether oxygens (including phenoxy) is 2. The molecule has 2 aromatic rings. The summed E-state index contributed by atoms with van der Waals surface area (Å²) in [6.45, 7) is 5.30. The number of cyclic esters (lactones) is 1. The molecule has 1 heterocycles. The number of halogens is 1. The number of rotatable bonds is 5. The Hall–Kier alpha value is -3.52. The fourth-order valence-electron chi connectivity index (χ4n) is 2.89. The summed E-state index contributed by atoms with van der Waals surface area (Å²) in [5.74, 6) is -0.582. The SMILES string of the molecule is CCC(=O)Oc1c(C)cc(/C=C2\N=C(c3ccc(Cl)c([N+](=O)[O-])c3)OC2=O)cc1C. The highest BCUT2D eigenvalue weighted by atomic mass is 35.5. The van der Waals surface area contributed by atoms with Gasteiger partial charge in [-0.05, 0) is 60.9 Å². The van der Waals surface area contributed by atoms with Gasteiger partial charge in [-0.1, -0.05) is 18.5 Å². The molecule has 154 valence electrons. The number of nitrogens with zero attached hydrogens (tertiary/aromatic N) is 2. The van der Waals surface area contributed by atoms with Crippen molar-refractivity contribution < 1.29 is 24.0 Å². The lowest BCUT2D eigenvalue weighted by molar-refractivity contribution is -0.384. The molecule has 9 heteroatoms. The van der Waals surface area contributed by atoms with Crippen molar-refractivity contribution in [2.75, 3.05) is 0 Å². The summed E-state index contributed by atoms with van der Waals surface area (Å²) in [6, 6.07) is 7.53. The number of hydrogen-bond acceptors (Lipinski definition) is 7. The maximum atomic E-state index is 12.2. The highest BCUT2D eigenvalue weighted by molar-refractivity contribution is 6.32. The molecule has 8 nitrogen and oxygen atoms in total. The lowest BCUT2D eigenvalue weighted by Crippen LogP contribution is -2.08. The molecule has 30 heavy (non-hydrogen) atoms. The third-order valence-corrected chi connectivity index (χ3v) is 4.62. The average Bonchev–Trinajstić information content (AvgIpc) is 3.05. The Labute approximate surface area is 176 Å². The van der Waals surface area contributed by atoms with Crippen LogP contribution in [0, 0.1) is 24.0 Å². The van der Waals surface area contributed by atoms with Crippen LogP contribution in [-0.4, -0.2) is 22.8 Å². The number of aryl methyl sites for hydroxylation is 2. The molecule has 3 rings (SSSR count). The maximum absolute atomic E-state index is 12.2. The van der Waals surface area contributed by atoms with Crippen molar-refractivity contribution in [3.05, 3.63) is 73.4 Å². The fourth-order valence-corrected chi connectivity index (χ4v) is 3.08. The molecule has 0 fully saturated rings. The summed E-state index contributed by atoms with van der Waals surface area (Å²) in [4.78, 5) is 38.4. The molecule has 0 saturated carbocycles. The van der Waals surface area contributed by atoms with Crippen molar-refractivity contribution in [1.82, 2.24) is 0 Å². The Balaban J connectivity index is 1.94. The monoisotopic (exact) mass is 428 g/mol. The predicted octanol–water partition coefficient (Wildman–Crippen LogP) is 4.52. The number of esters is 2. The molecule has 0 amide bonds. The van der Waals surface area contributed by atoms with Crippen molar-refractivity contribution in [2.45, 2.75) is 27.2 Å². The van der Waals surface area contributed by atoms with Crippen molar-refractivity contribution in [1.29, 1.82) is 0 Å². The number of nitro benzene ring substituents is 1. The van der Waals surface area contributed by atoms with Gasteiger partial charge in [-0.2, -0.15) is 0 Å². The van der Waals surface area contributed by atoms with Gasteiger partial charge < -0.3 is 9.47 Å². The molecule has 1 aliphatic rings. The van der Waals surface area contributed by atoms with Gasteiger partial charge in [0.05, 0.1) is 4.92 Å². The second kappa shape index (κ2) is 8.46. The zero-order valence-electron chi connectivity index (χ0n) is 16.4. The lowest BCUT2D eigenvalue weighted by Gasteiger charge is -2.11. The van der Waals surface area contributed by atoms with E-state index in [0.717, 1.165) is 11.1 Å². The van der Waals surface area contributed by atoms with E-state index in [1.807, 2.05) is 0 Å². The van der Waals surface area contributed by atoms with Crippen LogP contribution in [-0.2, 0) is 14.3 Å². The van der Waals surface area contributed by atoms with Gasteiger partial charge in [0.2, 0.25) is 5.90 Å². The zero-order chi connectivity index (χ0) is 22.0. The Morgan fingerprint density at radius 2 is 1.93 bits per heavy atom. The standard InChI is InChI=1S/C21H17ClN2O6/c1-4-18(25)29-19-11(2)7-13(8-12(19)3)9-16-21(26)30-20(23-16)14-5-6-15(22)17(10-14)24(27)28/h5-10H,4H2,1-3H3/b16-9-. The van der Waals surface area contributed by atoms with Crippen LogP contribution in [0.4, 0.5) is 5.69 Å². The molecule has 0 aliphatic carbocycles. The number of nitro groups is 1. The van der Waals surface area contributed by atoms with Gasteiger partial charge >= 0.3 is 11.9 Å². The molecule has 0 N–H and O–H groups in total. The molecule has 0 bridgehead atoms. The van der Waals surface area contributed by atoms with Crippen LogP contribution in [0.5, 0.6) is 5.75 Å². The topological polar surface area (TPSA) is 108 Å². The van der Waals surface area contributed by atoms with E-state index in [9.17, 15) is 19.7 Å². The number of hydrogen-bond donors (Lipinski definition) is 0. The summed E-state index contributed by atoms with van der Waals surface area (Å²) in [7, 11) is 0. The molecular weight excluding hydrogens is 412 g/mol. The van der Waals surface area contributed by atoms with Crippen LogP contribution in [0.15, 0.2) is 41.0 Å². The van der Waals surface area contributed by atoms with Crippen molar-refractivity contribution in [3.8, 4) is 5.75 Å². The molecule has 0 radical (unpaired) electrons. The van der Waals surface area contributed by atoms with E-state index in [4.69, 9.17) is 21.1 Å². The minimum atomic E-state index is -0.681. The van der Waals surface area contributed by atoms with Gasteiger partial charge in [-0.25, -0.2) is 9.79 Å². The van der Waals surface area contributed by atoms with Crippen molar-refractivity contribution in [3.63, 3.8) is 0 Å². The molecule has 0 saturated heterocycles. The van der Waals surface area contributed by atoms with Gasteiger partial charge in [0.1, 0.15) is 10.8 Å². The van der Waals surface area contributed by atoms with E-state index in [0.29, 0.717) is 11.3 Å². The molecule has 2 aromatic carbocycles. The first-order valence-electron chi connectivity index (χ1n) is 8.98. The number of aliphatic imine (C=N–C) groups is 1. The average molecular weight is 429 g/mol. The van der Waals surface area contributed by atoms with E-state index in [2.05, 4.69) is 4.99 Å². The lowest BCUT2D eigenvalue weighted by atomic mass is 10.0. The normalized spacial score (nSPS) is 14.5. The second-order valence-corrected chi connectivity index (χ2v) is 6.98. The Kier molecular flexibility index (Phi) is 5.98. The molecule has 0 aromatic heterocycles. The minimum Gasteiger partial charge on any atom is -0.426 e. The second-order valence-electron chi connectivity index (χ2n) is 6.57. The van der Waals surface area contributed by atoms with Crippen LogP contribution in [0.25, 0.3) is 6.08 Å². The first-order chi connectivity index (χ1) is 14.2. The maximum Gasteiger partial charge on any atom is 0.363 e. The van der Waals surface area contributed by atoms with Crippen LogP contribution < -0.4 is 4.74 Å². The number of carbonyl (C=O) groups excluding carboxylic acids is 2. The number of benzene rings is 2. The summed E-state index contributed by atoms with van der Waals surface area (Å²) in [6.07, 6.45) is 1.79. The van der Waals surface area contributed by atoms with E-state index in [-0.39, 0.29) is 40.3 Å². The highest BCUT2D eigenvalue weighted by Gasteiger charge is 2.26. The summed E-state index contributed by atoms with van der Waals surface area (Å²) >= 11 is 5.81. The quantitative estimate of drug-likeness (QED) is 0.228. The fraction of sp³-hybridized carbons (Fsp3) is 0.190. The van der Waals surface area contributed by atoms with E-state index in [1.54, 1.807) is 32.9 Å². The highest BCUT2D eigenvalue weighted by Crippen LogP contribution is 2.29. The first-order valence-corrected chi connectivity index (χ1v) is 9.36. The first kappa shape index (κ1) is 21.2. The van der Waals surface area contributed by atoms with Crippen molar-refractivity contribution >= 4 is 41.2 Å². The zero-order valence-corrected chi connectivity index (χ0v) is 17.1. The van der Waals surface area contributed by atoms with Gasteiger partial charge in [0.15, 0.2) is 5.70 Å². The smallest absolute Gasteiger partial charge is 0.363 e. The van der Waals surface area contributed by atoms with Gasteiger partial charge in [0, 0.05) is 18.1 Å². The predicted molar refractivity (Wildman–Crippen MR) is 111 cm³/mol. The molecule has 0 unspecified atom stereocenters. The van der Waals surface area contributed by atoms with Gasteiger partial charge in [-0.15, -0.1) is 0 Å². The minimum absolute atomic E-state index is 0.0285. The molecule has 1 aliphatic heterocycles. The largest absolute Gasteiger partial charge is 0.426 e. The van der Waals surface area contributed by atoms with Gasteiger partial charge in [0.25, 0.3) is 5.69 Å². The summed E-state index contributed by atoms with van der Waals surface area (Å²) < 4.78 is 10.5. The van der Waals surface area contributed by atoms with Crippen LogP contribution in [0.3, 0.4) is 0 Å². The van der Waals surface area contributed by atoms with Crippen LogP contribution >= 0.6 is 11.6 Å². The Bertz CT molecular complexity index is 1110. The van der Waals surface area contributed by atoms with Crippen molar-refractivity contribution in [2.24, 2.45) is 4.99 Å². The van der Waals surface area contributed by atoms with E-state index in [1.165, 1.54) is 24.3 Å². The summed E-state index contributed by atoms with van der Waals surface area (Å²) in [5.41, 5.74) is 2.12. The van der Waals surface area contributed by atoms with Crippen LogP contribution in [0.2, 0.25) is 5.02 Å². The molecule has 0 atom stereocenters. The Morgan fingerprint density at radius 1 is 1.27 bits per heavy atom. The van der Waals surface area contributed by atoms with Crippen LogP contribution in [0.1, 0.15) is 35.6 Å². The third-order valence-electron chi connectivity index (χ3n) is 4.30. The Morgan fingerprint density at radius 3 is 2.53 bits per heavy atom. The third kappa shape index (κ3) is 4.38. The van der Waals surface area contributed by atoms with E-state index < -0.39 is 10.9 Å². The van der Waals surface area contributed by atoms with Gasteiger partial charge in [-0.3, -0.25) is 14.9 Å². The summed E-state index contributed by atoms with van der Waals surface area (Å²) in [5, 5.41) is 11.0.